The molecule has 0 radical (unpaired) electrons. The lowest BCUT2D eigenvalue weighted by Crippen LogP contribution is -2.28. The Kier molecular flexibility index (Phi) is 9.10. The monoisotopic (exact) mass is 369 g/mol. The molecule has 1 saturated carbocycles. The van der Waals surface area contributed by atoms with Gasteiger partial charge in [0, 0.05) is 19.2 Å². The smallest absolute Gasteiger partial charge is 0.248 e. The van der Waals surface area contributed by atoms with Gasteiger partial charge in [0.05, 0.1) is 0 Å². The Bertz CT molecular complexity index is 581. The molecule has 0 saturated heterocycles. The largest absolute Gasteiger partial charge is 0.342 e. The molecule has 2 nitrogen and oxygen atoms in total. The van der Waals surface area contributed by atoms with Gasteiger partial charge in [-0.3, -0.25) is 4.79 Å². The molecule has 0 spiro atoms. The maximum atomic E-state index is 11.8. The molecule has 2 rings (SSSR count). The second-order valence-electron chi connectivity index (χ2n) is 8.57. The molecule has 27 heavy (non-hydrogen) atoms. The van der Waals surface area contributed by atoms with E-state index < -0.39 is 0 Å². The lowest BCUT2D eigenvalue weighted by molar-refractivity contribution is -0.125. The number of carbonyl (C=O) groups excluding carboxylic acids is 1. The van der Waals surface area contributed by atoms with E-state index in [0.29, 0.717) is 5.57 Å². The Morgan fingerprint density at radius 3 is 2.33 bits per heavy atom. The molecule has 0 unspecified atom stereocenters. The molecule has 1 aliphatic rings. The van der Waals surface area contributed by atoms with Crippen molar-refractivity contribution in [1.82, 2.24) is 4.90 Å². The minimum absolute atomic E-state index is 0.0515. The summed E-state index contributed by atoms with van der Waals surface area (Å²) in [7, 11) is 1.86. The number of hydrogen-bond acceptors (Lipinski definition) is 1. The second-order valence-corrected chi connectivity index (χ2v) is 8.57. The summed E-state index contributed by atoms with van der Waals surface area (Å²) in [4.78, 5) is 13.6. The van der Waals surface area contributed by atoms with E-state index in [9.17, 15) is 4.79 Å². The number of unbranched alkanes of at least 4 members (excludes halogenated alkanes) is 2. The van der Waals surface area contributed by atoms with E-state index in [-0.39, 0.29) is 5.91 Å². The Balaban J connectivity index is 1.72. The van der Waals surface area contributed by atoms with Crippen LogP contribution in [0.4, 0.5) is 0 Å². The molecule has 150 valence electrons. The number of nitrogens with zero attached hydrogens (tertiary/aromatic N) is 1. The van der Waals surface area contributed by atoms with E-state index >= 15 is 0 Å². The zero-order valence-corrected chi connectivity index (χ0v) is 17.8. The summed E-state index contributed by atoms with van der Waals surface area (Å²) >= 11 is 0. The molecule has 2 heteroatoms. The van der Waals surface area contributed by atoms with E-state index in [4.69, 9.17) is 0 Å². The van der Waals surface area contributed by atoms with Gasteiger partial charge in [-0.1, -0.05) is 63.5 Å². The lowest BCUT2D eigenvalue weighted by Gasteiger charge is -2.29. The standard InChI is InChI=1S/C25H39NO/c1-5-6-7-9-21-11-15-23(16-12-21)24-17-13-22(14-18-24)10-8-19-26(4)25(27)20(2)3/h13-14,17-18,21,23H,2,5-12,15-16,19H2,1,3-4H3. The van der Waals surface area contributed by atoms with E-state index in [0.717, 1.165) is 31.2 Å². The van der Waals surface area contributed by atoms with Crippen LogP contribution < -0.4 is 0 Å². The first-order valence-electron chi connectivity index (χ1n) is 11.0. The van der Waals surface area contributed by atoms with Crippen molar-refractivity contribution in [2.75, 3.05) is 13.6 Å². The van der Waals surface area contributed by atoms with Gasteiger partial charge in [0.25, 0.3) is 0 Å². The Hall–Kier alpha value is -1.57. The highest BCUT2D eigenvalue weighted by molar-refractivity contribution is 5.91. The van der Waals surface area contributed by atoms with Crippen molar-refractivity contribution in [3.8, 4) is 0 Å². The predicted octanol–water partition coefficient (Wildman–Crippen LogP) is 6.51. The summed E-state index contributed by atoms with van der Waals surface area (Å²) < 4.78 is 0. The van der Waals surface area contributed by atoms with Crippen LogP contribution in [0.5, 0.6) is 0 Å². The predicted molar refractivity (Wildman–Crippen MR) is 116 cm³/mol. The van der Waals surface area contributed by atoms with Gasteiger partial charge in [-0.05, 0) is 68.4 Å². The maximum absolute atomic E-state index is 11.8. The van der Waals surface area contributed by atoms with Crippen molar-refractivity contribution in [2.24, 2.45) is 5.92 Å². The highest BCUT2D eigenvalue weighted by atomic mass is 16.2. The van der Waals surface area contributed by atoms with Gasteiger partial charge in [-0.15, -0.1) is 0 Å². The van der Waals surface area contributed by atoms with E-state index in [1.807, 2.05) is 7.05 Å². The van der Waals surface area contributed by atoms with Gasteiger partial charge >= 0.3 is 0 Å². The van der Waals surface area contributed by atoms with Gasteiger partial charge in [0.2, 0.25) is 5.91 Å². The summed E-state index contributed by atoms with van der Waals surface area (Å²) in [6, 6.07) is 9.28. The van der Waals surface area contributed by atoms with E-state index in [1.54, 1.807) is 11.8 Å². The first-order valence-corrected chi connectivity index (χ1v) is 11.0. The number of hydrogen-bond donors (Lipinski definition) is 0. The molecule has 1 aliphatic carbocycles. The van der Waals surface area contributed by atoms with Crippen LogP contribution in [-0.4, -0.2) is 24.4 Å². The highest BCUT2D eigenvalue weighted by Gasteiger charge is 2.21. The average molecular weight is 370 g/mol. The number of rotatable bonds is 10. The Morgan fingerprint density at radius 2 is 1.74 bits per heavy atom. The van der Waals surface area contributed by atoms with Crippen molar-refractivity contribution in [1.29, 1.82) is 0 Å². The van der Waals surface area contributed by atoms with Gasteiger partial charge in [0.1, 0.15) is 0 Å². The second kappa shape index (κ2) is 11.3. The number of benzene rings is 1. The van der Waals surface area contributed by atoms with Crippen LogP contribution in [0.25, 0.3) is 0 Å². The molecule has 0 N–H and O–H groups in total. The topological polar surface area (TPSA) is 20.3 Å². The first kappa shape index (κ1) is 21.7. The maximum Gasteiger partial charge on any atom is 0.248 e. The molecule has 0 aliphatic heterocycles. The molecular formula is C25H39NO. The quantitative estimate of drug-likeness (QED) is 0.340. The third kappa shape index (κ3) is 7.16. The first-order chi connectivity index (χ1) is 13.0. The van der Waals surface area contributed by atoms with Crippen LogP contribution in [0.3, 0.4) is 0 Å². The molecule has 0 heterocycles. The number of amides is 1. The SMILES string of the molecule is C=C(C)C(=O)N(C)CCCc1ccc(C2CCC(CCCCC)CC2)cc1. The van der Waals surface area contributed by atoms with Crippen molar-refractivity contribution in [3.63, 3.8) is 0 Å². The molecule has 1 amide bonds. The van der Waals surface area contributed by atoms with Gasteiger partial charge in [0.15, 0.2) is 0 Å². The van der Waals surface area contributed by atoms with Crippen LogP contribution in [0.1, 0.15) is 88.7 Å². The summed E-state index contributed by atoms with van der Waals surface area (Å²) in [5, 5.41) is 0. The summed E-state index contributed by atoms with van der Waals surface area (Å²) in [6.45, 7) is 8.58. The third-order valence-corrected chi connectivity index (χ3v) is 6.18. The van der Waals surface area contributed by atoms with Crippen LogP contribution in [0, 0.1) is 5.92 Å². The summed E-state index contributed by atoms with van der Waals surface area (Å²) in [6.07, 6.45) is 13.2. The molecule has 1 aromatic carbocycles. The fraction of sp³-hybridized carbons (Fsp3) is 0.640. The van der Waals surface area contributed by atoms with Gasteiger partial charge in [-0.25, -0.2) is 0 Å². The Morgan fingerprint density at radius 1 is 1.07 bits per heavy atom. The Labute approximate surface area is 167 Å². The zero-order valence-electron chi connectivity index (χ0n) is 17.8. The lowest BCUT2D eigenvalue weighted by atomic mass is 9.77. The molecule has 1 aromatic rings. The van der Waals surface area contributed by atoms with Crippen LogP contribution in [0.2, 0.25) is 0 Å². The number of likely N-dealkylation sites (N-methyl/N-ethyl adjacent to an activating group) is 1. The molecule has 1 fully saturated rings. The van der Waals surface area contributed by atoms with Gasteiger partial charge in [-0.2, -0.15) is 0 Å². The van der Waals surface area contributed by atoms with Crippen molar-refractivity contribution < 1.29 is 4.79 Å². The summed E-state index contributed by atoms with van der Waals surface area (Å²) in [5.41, 5.74) is 3.52. The van der Waals surface area contributed by atoms with Crippen molar-refractivity contribution >= 4 is 5.91 Å². The van der Waals surface area contributed by atoms with Gasteiger partial charge < -0.3 is 4.90 Å². The molecule has 0 aromatic heterocycles. The fourth-order valence-corrected chi connectivity index (χ4v) is 4.37. The highest BCUT2D eigenvalue weighted by Crippen LogP contribution is 2.37. The molecule has 0 bridgehead atoms. The van der Waals surface area contributed by atoms with Crippen LogP contribution >= 0.6 is 0 Å². The minimum atomic E-state index is 0.0515. The molecule has 0 atom stereocenters. The zero-order chi connectivity index (χ0) is 19.6. The third-order valence-electron chi connectivity index (χ3n) is 6.18. The van der Waals surface area contributed by atoms with Crippen LogP contribution in [0.15, 0.2) is 36.4 Å². The van der Waals surface area contributed by atoms with Crippen LogP contribution in [-0.2, 0) is 11.2 Å². The van der Waals surface area contributed by atoms with E-state index in [2.05, 4.69) is 37.8 Å². The average Bonchev–Trinajstić information content (AvgIpc) is 2.68. The number of aryl methyl sites for hydroxylation is 1. The van der Waals surface area contributed by atoms with Crippen molar-refractivity contribution in [2.45, 2.75) is 84.0 Å². The number of carbonyl (C=O) groups is 1. The van der Waals surface area contributed by atoms with Crippen molar-refractivity contribution in [3.05, 3.63) is 47.5 Å². The minimum Gasteiger partial charge on any atom is -0.342 e. The molecular weight excluding hydrogens is 330 g/mol. The fourth-order valence-electron chi connectivity index (χ4n) is 4.37. The normalized spacial score (nSPS) is 19.7. The summed E-state index contributed by atoms with van der Waals surface area (Å²) in [5.74, 6) is 1.79. The van der Waals surface area contributed by atoms with E-state index in [1.165, 1.54) is 62.5 Å².